The highest BCUT2D eigenvalue weighted by atomic mass is 19.4. The van der Waals surface area contributed by atoms with Gasteiger partial charge in [0.05, 0.1) is 0 Å². The average Bonchev–Trinajstić information content (AvgIpc) is 2.73. The van der Waals surface area contributed by atoms with Gasteiger partial charge in [0.1, 0.15) is 18.2 Å². The summed E-state index contributed by atoms with van der Waals surface area (Å²) in [7, 11) is 0. The number of ether oxygens (including phenoxy) is 2. The number of rotatable bonds is 6. The van der Waals surface area contributed by atoms with Crippen LogP contribution in [0.1, 0.15) is 40.0 Å². The lowest BCUT2D eigenvalue weighted by Gasteiger charge is -2.27. The van der Waals surface area contributed by atoms with Crippen molar-refractivity contribution in [1.82, 2.24) is 4.90 Å². The van der Waals surface area contributed by atoms with Crippen molar-refractivity contribution >= 4 is 5.97 Å². The lowest BCUT2D eigenvalue weighted by Crippen LogP contribution is -2.41. The molecule has 0 bridgehead atoms. The maximum absolute atomic E-state index is 12.0. The van der Waals surface area contributed by atoms with Gasteiger partial charge >= 0.3 is 12.1 Å². The van der Waals surface area contributed by atoms with Crippen molar-refractivity contribution in [3.63, 3.8) is 0 Å². The minimum Gasteiger partial charge on any atom is -0.459 e. The summed E-state index contributed by atoms with van der Waals surface area (Å²) in [6.07, 6.45) is -2.19. The molecule has 1 atom stereocenters. The number of esters is 1. The molecule has 124 valence electrons. The van der Waals surface area contributed by atoms with Crippen molar-refractivity contribution < 1.29 is 27.4 Å². The third-order valence-electron chi connectivity index (χ3n) is 3.04. The normalized spacial score (nSPS) is 20.8. The second kappa shape index (κ2) is 7.45. The van der Waals surface area contributed by atoms with Crippen molar-refractivity contribution in [1.29, 1.82) is 0 Å². The Morgan fingerprint density at radius 1 is 1.29 bits per heavy atom. The maximum Gasteiger partial charge on any atom is 0.411 e. The van der Waals surface area contributed by atoms with E-state index in [1.165, 1.54) is 0 Å². The molecule has 1 saturated heterocycles. The topological polar surface area (TPSA) is 38.8 Å². The fourth-order valence-corrected chi connectivity index (χ4v) is 2.29. The van der Waals surface area contributed by atoms with E-state index in [4.69, 9.17) is 4.74 Å². The lowest BCUT2D eigenvalue weighted by atomic mass is 10.1. The zero-order valence-electron chi connectivity index (χ0n) is 12.8. The predicted octanol–water partition coefficient (Wildman–Crippen LogP) is 2.76. The molecule has 1 aliphatic heterocycles. The highest BCUT2D eigenvalue weighted by Gasteiger charge is 2.33. The van der Waals surface area contributed by atoms with E-state index in [0.29, 0.717) is 13.0 Å². The van der Waals surface area contributed by atoms with Gasteiger partial charge in [0.2, 0.25) is 0 Å². The molecule has 0 aromatic carbocycles. The van der Waals surface area contributed by atoms with Crippen LogP contribution in [0.15, 0.2) is 0 Å². The number of nitrogens with zero attached hydrogens (tertiary/aromatic N) is 1. The van der Waals surface area contributed by atoms with Gasteiger partial charge in [0.15, 0.2) is 0 Å². The third kappa shape index (κ3) is 7.66. The van der Waals surface area contributed by atoms with Crippen molar-refractivity contribution in [2.24, 2.45) is 0 Å². The van der Waals surface area contributed by atoms with Crippen LogP contribution in [0.5, 0.6) is 0 Å². The number of hydrogen-bond acceptors (Lipinski definition) is 4. The second-order valence-corrected chi connectivity index (χ2v) is 6.25. The molecule has 0 unspecified atom stereocenters. The summed E-state index contributed by atoms with van der Waals surface area (Å²) < 4.78 is 45.7. The van der Waals surface area contributed by atoms with Gasteiger partial charge in [-0.05, 0) is 46.6 Å². The molecule has 0 saturated carbocycles. The molecule has 7 heteroatoms. The summed E-state index contributed by atoms with van der Waals surface area (Å²) in [6, 6.07) is -0.285. The van der Waals surface area contributed by atoms with Crippen LogP contribution in [0.25, 0.3) is 0 Å². The van der Waals surface area contributed by atoms with Crippen molar-refractivity contribution in [2.45, 2.75) is 57.9 Å². The lowest BCUT2D eigenvalue weighted by molar-refractivity contribution is -0.174. The van der Waals surface area contributed by atoms with Gasteiger partial charge in [-0.25, -0.2) is 0 Å². The van der Waals surface area contributed by atoms with Crippen LogP contribution >= 0.6 is 0 Å². The molecule has 21 heavy (non-hydrogen) atoms. The summed E-state index contributed by atoms with van der Waals surface area (Å²) in [6.45, 7) is 5.57. The molecule has 0 aliphatic carbocycles. The predicted molar refractivity (Wildman–Crippen MR) is 71.9 cm³/mol. The monoisotopic (exact) mass is 311 g/mol. The van der Waals surface area contributed by atoms with Gasteiger partial charge in [-0.1, -0.05) is 0 Å². The summed E-state index contributed by atoms with van der Waals surface area (Å²) in [5.74, 6) is -0.254. The zero-order valence-corrected chi connectivity index (χ0v) is 12.8. The summed E-state index contributed by atoms with van der Waals surface area (Å²) in [4.78, 5) is 14.0. The SMILES string of the molecule is CC(C)(C)OC(=O)[C@@H]1CCCN1CCCOCC(F)(F)F. The molecule has 0 radical (unpaired) electrons. The minimum absolute atomic E-state index is 0.0387. The summed E-state index contributed by atoms with van der Waals surface area (Å²) >= 11 is 0. The molecule has 0 spiro atoms. The van der Waals surface area contributed by atoms with Gasteiger partial charge in [0, 0.05) is 13.2 Å². The fourth-order valence-electron chi connectivity index (χ4n) is 2.29. The van der Waals surface area contributed by atoms with E-state index < -0.39 is 18.4 Å². The first-order valence-corrected chi connectivity index (χ1v) is 7.20. The highest BCUT2D eigenvalue weighted by molar-refractivity contribution is 5.76. The van der Waals surface area contributed by atoms with E-state index in [1.54, 1.807) is 0 Å². The molecule has 0 amide bonds. The van der Waals surface area contributed by atoms with Crippen molar-refractivity contribution in [3.8, 4) is 0 Å². The van der Waals surface area contributed by atoms with Crippen LogP contribution in [-0.2, 0) is 14.3 Å². The van der Waals surface area contributed by atoms with Crippen LogP contribution in [0.2, 0.25) is 0 Å². The van der Waals surface area contributed by atoms with Gasteiger partial charge in [-0.2, -0.15) is 13.2 Å². The smallest absolute Gasteiger partial charge is 0.411 e. The molecule has 1 aliphatic rings. The number of alkyl halides is 3. The van der Waals surface area contributed by atoms with Gasteiger partial charge < -0.3 is 9.47 Å². The number of halogens is 3. The summed E-state index contributed by atoms with van der Waals surface area (Å²) in [5, 5.41) is 0. The molecule has 1 fully saturated rings. The Kier molecular flexibility index (Phi) is 6.46. The molecule has 1 heterocycles. The molecular formula is C14H24F3NO3. The molecular weight excluding hydrogens is 287 g/mol. The van der Waals surface area contributed by atoms with E-state index in [2.05, 4.69) is 4.74 Å². The molecule has 0 aromatic heterocycles. The van der Waals surface area contributed by atoms with Crippen molar-refractivity contribution in [3.05, 3.63) is 0 Å². The van der Waals surface area contributed by atoms with Crippen LogP contribution < -0.4 is 0 Å². The van der Waals surface area contributed by atoms with Crippen LogP contribution in [0.4, 0.5) is 13.2 Å². The van der Waals surface area contributed by atoms with Crippen LogP contribution in [0, 0.1) is 0 Å². The first-order chi connectivity index (χ1) is 9.58. The van der Waals surface area contributed by atoms with E-state index in [1.807, 2.05) is 25.7 Å². The Bertz CT molecular complexity index is 339. The Labute approximate surface area is 123 Å². The number of hydrogen-bond donors (Lipinski definition) is 0. The molecule has 1 rings (SSSR count). The van der Waals surface area contributed by atoms with E-state index in [-0.39, 0.29) is 18.6 Å². The Balaban J connectivity index is 2.29. The largest absolute Gasteiger partial charge is 0.459 e. The standard InChI is InChI=1S/C14H24F3NO3/c1-13(2,3)21-12(19)11-6-4-7-18(11)8-5-9-20-10-14(15,16)17/h11H,4-10H2,1-3H3/t11-/m0/s1. The Morgan fingerprint density at radius 3 is 2.52 bits per heavy atom. The first-order valence-electron chi connectivity index (χ1n) is 7.20. The second-order valence-electron chi connectivity index (χ2n) is 6.25. The zero-order chi connectivity index (χ0) is 16.1. The Hall–Kier alpha value is -0.820. The number of carbonyl (C=O) groups excluding carboxylic acids is 1. The van der Waals surface area contributed by atoms with Gasteiger partial charge in [0.25, 0.3) is 0 Å². The Morgan fingerprint density at radius 2 is 1.95 bits per heavy atom. The number of likely N-dealkylation sites (tertiary alicyclic amines) is 1. The average molecular weight is 311 g/mol. The minimum atomic E-state index is -4.29. The molecule has 0 aromatic rings. The summed E-state index contributed by atoms with van der Waals surface area (Å²) in [5.41, 5.74) is -0.527. The van der Waals surface area contributed by atoms with Gasteiger partial charge in [-0.15, -0.1) is 0 Å². The van der Waals surface area contributed by atoms with E-state index in [0.717, 1.165) is 19.4 Å². The molecule has 0 N–H and O–H groups in total. The highest BCUT2D eigenvalue weighted by Crippen LogP contribution is 2.21. The van der Waals surface area contributed by atoms with Crippen molar-refractivity contribution in [2.75, 3.05) is 26.3 Å². The first kappa shape index (κ1) is 18.2. The van der Waals surface area contributed by atoms with Gasteiger partial charge in [-0.3, -0.25) is 9.69 Å². The van der Waals surface area contributed by atoms with Crippen LogP contribution in [0.3, 0.4) is 0 Å². The number of carbonyl (C=O) groups is 1. The quantitative estimate of drug-likeness (QED) is 0.558. The fraction of sp³-hybridized carbons (Fsp3) is 0.929. The van der Waals surface area contributed by atoms with E-state index in [9.17, 15) is 18.0 Å². The molecule has 4 nitrogen and oxygen atoms in total. The third-order valence-corrected chi connectivity index (χ3v) is 3.04. The van der Waals surface area contributed by atoms with Crippen LogP contribution in [-0.4, -0.2) is 55.0 Å². The maximum atomic E-state index is 12.0. The van der Waals surface area contributed by atoms with E-state index >= 15 is 0 Å².